The van der Waals surface area contributed by atoms with Crippen molar-refractivity contribution >= 4 is 17.7 Å². The van der Waals surface area contributed by atoms with E-state index in [9.17, 15) is 14.0 Å². The van der Waals surface area contributed by atoms with Gasteiger partial charge in [0.15, 0.2) is 5.16 Å². The number of carbonyl (C=O) groups is 1. The number of hydrogen-bond donors (Lipinski definition) is 1. The summed E-state index contributed by atoms with van der Waals surface area (Å²) in [6.07, 6.45) is 0.638. The first kappa shape index (κ1) is 19.6. The van der Waals surface area contributed by atoms with Gasteiger partial charge in [-0.3, -0.25) is 14.2 Å². The lowest BCUT2D eigenvalue weighted by molar-refractivity contribution is -0.124. The Morgan fingerprint density at radius 2 is 2.04 bits per heavy atom. The highest BCUT2D eigenvalue weighted by Crippen LogP contribution is 2.27. The third-order valence-electron chi connectivity index (χ3n) is 4.56. The average Bonchev–Trinajstić information content (AvgIpc) is 2.62. The lowest BCUT2D eigenvalue weighted by Crippen LogP contribution is -2.41. The zero-order chi connectivity index (χ0) is 19.6. The van der Waals surface area contributed by atoms with E-state index >= 15 is 0 Å². The van der Waals surface area contributed by atoms with Crippen molar-refractivity contribution in [3.8, 4) is 0 Å². The van der Waals surface area contributed by atoms with Crippen LogP contribution < -0.4 is 10.9 Å². The first-order chi connectivity index (χ1) is 12.7. The monoisotopic (exact) mass is 389 g/mol. The highest BCUT2D eigenvalue weighted by Gasteiger charge is 2.28. The molecule has 0 aliphatic carbocycles. The van der Waals surface area contributed by atoms with E-state index in [0.29, 0.717) is 30.4 Å². The predicted molar refractivity (Wildman–Crippen MR) is 105 cm³/mol. The van der Waals surface area contributed by atoms with Crippen LogP contribution in [0.4, 0.5) is 4.39 Å². The van der Waals surface area contributed by atoms with Gasteiger partial charge < -0.3 is 5.32 Å². The Balaban J connectivity index is 1.61. The van der Waals surface area contributed by atoms with Crippen LogP contribution in [0.2, 0.25) is 0 Å². The second kappa shape index (κ2) is 7.84. The molecule has 27 heavy (non-hydrogen) atoms. The first-order valence-electron chi connectivity index (χ1n) is 9.01. The molecule has 0 saturated carbocycles. The van der Waals surface area contributed by atoms with Crippen molar-refractivity contribution in [1.82, 2.24) is 14.9 Å². The van der Waals surface area contributed by atoms with Crippen molar-refractivity contribution in [1.29, 1.82) is 0 Å². The van der Waals surface area contributed by atoms with Crippen LogP contribution in [0.5, 0.6) is 0 Å². The molecule has 1 amide bonds. The van der Waals surface area contributed by atoms with E-state index < -0.39 is 0 Å². The van der Waals surface area contributed by atoms with Crippen molar-refractivity contribution in [2.24, 2.45) is 5.92 Å². The van der Waals surface area contributed by atoms with E-state index in [2.05, 4.69) is 10.3 Å². The Bertz CT molecular complexity index is 888. The number of nitrogens with one attached hydrogen (secondary N) is 1. The molecule has 1 aromatic heterocycles. The highest BCUT2D eigenvalue weighted by molar-refractivity contribution is 7.99. The first-order valence-corrected chi connectivity index (χ1v) is 10.00. The maximum Gasteiger partial charge on any atom is 0.254 e. The largest absolute Gasteiger partial charge is 0.355 e. The van der Waals surface area contributed by atoms with Gasteiger partial charge in [-0.25, -0.2) is 9.37 Å². The quantitative estimate of drug-likeness (QED) is 0.817. The van der Waals surface area contributed by atoms with Crippen LogP contribution in [-0.2, 0) is 23.2 Å². The Hall–Kier alpha value is -2.15. The van der Waals surface area contributed by atoms with Gasteiger partial charge in [0.05, 0.1) is 11.6 Å². The smallest absolute Gasteiger partial charge is 0.254 e. The second-order valence-electron chi connectivity index (χ2n) is 7.80. The normalized spacial score (nSPS) is 16.7. The fourth-order valence-corrected chi connectivity index (χ4v) is 3.97. The molecule has 2 aromatic rings. The van der Waals surface area contributed by atoms with Gasteiger partial charge >= 0.3 is 0 Å². The summed E-state index contributed by atoms with van der Waals surface area (Å²) in [4.78, 5) is 29.6. The van der Waals surface area contributed by atoms with Crippen LogP contribution in [0.25, 0.3) is 0 Å². The number of benzene rings is 1. The van der Waals surface area contributed by atoms with Gasteiger partial charge in [0, 0.05) is 30.3 Å². The number of thioether (sulfide) groups is 1. The van der Waals surface area contributed by atoms with Gasteiger partial charge in [-0.1, -0.05) is 44.7 Å². The molecule has 1 N–H and O–H groups in total. The van der Waals surface area contributed by atoms with E-state index in [1.54, 1.807) is 22.8 Å². The minimum absolute atomic E-state index is 0.0675. The summed E-state index contributed by atoms with van der Waals surface area (Å²) in [7, 11) is 0. The lowest BCUT2D eigenvalue weighted by atomic mass is 9.92. The molecule has 0 radical (unpaired) electrons. The summed E-state index contributed by atoms with van der Waals surface area (Å²) in [5.74, 6) is -0.00490. The molecule has 3 rings (SSSR count). The number of hydrogen-bond acceptors (Lipinski definition) is 4. The van der Waals surface area contributed by atoms with Gasteiger partial charge in [-0.15, -0.1) is 0 Å². The summed E-state index contributed by atoms with van der Waals surface area (Å²) in [6, 6.07) is 7.82. The van der Waals surface area contributed by atoms with Crippen LogP contribution in [0, 0.1) is 11.7 Å². The van der Waals surface area contributed by atoms with Gasteiger partial charge in [-0.2, -0.15) is 0 Å². The SMILES string of the molecule is CC(C)(C)c1cc(=O)n2c(n1)SCC(C(=O)NCCc1ccc(F)cc1)C2. The Morgan fingerprint density at radius 3 is 2.70 bits per heavy atom. The number of fused-ring (bicyclic) bond motifs is 1. The molecule has 7 heteroatoms. The van der Waals surface area contributed by atoms with Crippen LogP contribution >= 0.6 is 11.8 Å². The maximum absolute atomic E-state index is 12.9. The van der Waals surface area contributed by atoms with Gasteiger partial charge in [0.25, 0.3) is 5.56 Å². The minimum atomic E-state index is -0.269. The van der Waals surface area contributed by atoms with E-state index in [4.69, 9.17) is 0 Å². The van der Waals surface area contributed by atoms with Crippen LogP contribution in [0.1, 0.15) is 32.0 Å². The number of halogens is 1. The molecular weight excluding hydrogens is 365 g/mol. The number of aromatic nitrogens is 2. The van der Waals surface area contributed by atoms with Crippen molar-refractivity contribution in [3.63, 3.8) is 0 Å². The molecule has 0 fully saturated rings. The molecule has 5 nitrogen and oxygen atoms in total. The van der Waals surface area contributed by atoms with Crippen molar-refractivity contribution in [2.75, 3.05) is 12.3 Å². The van der Waals surface area contributed by atoms with Crippen LogP contribution in [0.3, 0.4) is 0 Å². The topological polar surface area (TPSA) is 64.0 Å². The molecule has 1 atom stereocenters. The fraction of sp³-hybridized carbons (Fsp3) is 0.450. The molecule has 0 spiro atoms. The van der Waals surface area contributed by atoms with Gasteiger partial charge in [0.2, 0.25) is 5.91 Å². The molecule has 0 bridgehead atoms. The maximum atomic E-state index is 12.9. The zero-order valence-electron chi connectivity index (χ0n) is 15.8. The number of nitrogens with zero attached hydrogens (tertiary/aromatic N) is 2. The number of amides is 1. The number of rotatable bonds is 4. The summed E-state index contributed by atoms with van der Waals surface area (Å²) in [5.41, 5.74) is 1.44. The molecule has 2 heterocycles. The van der Waals surface area contributed by atoms with E-state index in [-0.39, 0.29) is 28.6 Å². The second-order valence-corrected chi connectivity index (χ2v) is 8.79. The molecule has 1 unspecified atom stereocenters. The van der Waals surface area contributed by atoms with Crippen LogP contribution in [-0.4, -0.2) is 27.8 Å². The van der Waals surface area contributed by atoms with Crippen LogP contribution in [0.15, 0.2) is 40.3 Å². The third-order valence-corrected chi connectivity index (χ3v) is 5.69. The predicted octanol–water partition coefficient (Wildman–Crippen LogP) is 2.76. The average molecular weight is 389 g/mol. The fourth-order valence-electron chi connectivity index (χ4n) is 2.88. The standard InChI is InChI=1S/C20H24FN3O2S/c1-20(2,3)16-10-17(25)24-11-14(12-27-19(24)23-16)18(26)22-9-8-13-4-6-15(21)7-5-13/h4-7,10,14H,8-9,11-12H2,1-3H3,(H,22,26). The molecule has 0 saturated heterocycles. The summed E-state index contributed by atoms with van der Waals surface area (Å²) in [5, 5.41) is 3.60. The molecule has 1 aliphatic rings. The van der Waals surface area contributed by atoms with Crippen molar-refractivity contribution in [2.45, 2.75) is 44.3 Å². The summed E-state index contributed by atoms with van der Waals surface area (Å²) >= 11 is 1.45. The van der Waals surface area contributed by atoms with E-state index in [0.717, 1.165) is 11.3 Å². The van der Waals surface area contributed by atoms with Crippen molar-refractivity contribution < 1.29 is 9.18 Å². The Kier molecular flexibility index (Phi) is 5.69. The summed E-state index contributed by atoms with van der Waals surface area (Å²) < 4.78 is 14.5. The Labute approximate surface area is 162 Å². The molecule has 1 aromatic carbocycles. The van der Waals surface area contributed by atoms with E-state index in [1.807, 2.05) is 20.8 Å². The summed E-state index contributed by atoms with van der Waals surface area (Å²) in [6.45, 7) is 6.90. The highest BCUT2D eigenvalue weighted by atomic mass is 32.2. The Morgan fingerprint density at radius 1 is 1.33 bits per heavy atom. The zero-order valence-corrected chi connectivity index (χ0v) is 16.6. The van der Waals surface area contributed by atoms with E-state index in [1.165, 1.54) is 23.9 Å². The van der Waals surface area contributed by atoms with Gasteiger partial charge in [-0.05, 0) is 24.1 Å². The third kappa shape index (κ3) is 4.77. The minimum Gasteiger partial charge on any atom is -0.355 e. The molecular formula is C20H24FN3O2S. The van der Waals surface area contributed by atoms with Crippen molar-refractivity contribution in [3.05, 3.63) is 57.8 Å². The van der Waals surface area contributed by atoms with Gasteiger partial charge in [0.1, 0.15) is 5.82 Å². The molecule has 144 valence electrons. The lowest BCUT2D eigenvalue weighted by Gasteiger charge is -2.26. The number of carbonyl (C=O) groups excluding carboxylic acids is 1. The molecule has 1 aliphatic heterocycles.